The molecule has 0 fully saturated rings. The van der Waals surface area contributed by atoms with Crippen molar-refractivity contribution in [1.29, 1.82) is 0 Å². The topological polar surface area (TPSA) is 72.1 Å². The highest BCUT2D eigenvalue weighted by molar-refractivity contribution is 7.99. The fraction of sp³-hybridized carbons (Fsp3) is 0.417. The van der Waals surface area contributed by atoms with E-state index in [0.29, 0.717) is 35.0 Å². The quantitative estimate of drug-likeness (QED) is 0.377. The average molecular weight is 301 g/mol. The van der Waals surface area contributed by atoms with Gasteiger partial charge in [0, 0.05) is 24.9 Å². The summed E-state index contributed by atoms with van der Waals surface area (Å²) in [7, 11) is 0. The van der Waals surface area contributed by atoms with E-state index in [0.717, 1.165) is 0 Å². The van der Waals surface area contributed by atoms with E-state index in [1.54, 1.807) is 17.1 Å². The smallest absolute Gasteiger partial charge is 0.246 e. The van der Waals surface area contributed by atoms with Crippen LogP contribution in [0.2, 0.25) is 5.15 Å². The summed E-state index contributed by atoms with van der Waals surface area (Å²) in [6.45, 7) is 5.32. The van der Waals surface area contributed by atoms with Crippen LogP contribution in [-0.2, 0) is 4.79 Å². The summed E-state index contributed by atoms with van der Waals surface area (Å²) >= 11 is 7.14. The summed E-state index contributed by atoms with van der Waals surface area (Å²) in [5.41, 5.74) is 5.56. The van der Waals surface area contributed by atoms with Gasteiger partial charge in [-0.1, -0.05) is 29.4 Å². The molecular formula is C12H17ClN4OS. The zero-order valence-corrected chi connectivity index (χ0v) is 12.5. The third-order valence-electron chi connectivity index (χ3n) is 2.34. The Morgan fingerprint density at radius 3 is 2.74 bits per heavy atom. The van der Waals surface area contributed by atoms with Crippen LogP contribution in [-0.4, -0.2) is 39.6 Å². The van der Waals surface area contributed by atoms with E-state index in [4.69, 9.17) is 17.3 Å². The first kappa shape index (κ1) is 15.8. The number of rotatable bonds is 6. The van der Waals surface area contributed by atoms with Gasteiger partial charge in [0.1, 0.15) is 11.0 Å². The van der Waals surface area contributed by atoms with Crippen LogP contribution < -0.4 is 5.73 Å². The van der Waals surface area contributed by atoms with E-state index in [2.05, 4.69) is 9.97 Å². The monoisotopic (exact) mass is 300 g/mol. The highest BCUT2D eigenvalue weighted by Gasteiger charge is 2.04. The van der Waals surface area contributed by atoms with Crippen LogP contribution in [0.4, 0.5) is 5.82 Å². The van der Waals surface area contributed by atoms with Crippen LogP contribution >= 0.6 is 23.4 Å². The summed E-state index contributed by atoms with van der Waals surface area (Å²) in [6.07, 6.45) is 3.35. The standard InChI is InChI=1S/C12H17ClN4OS/c1-3-17(4-2)11(18)6-5-7-19-12-15-9(13)8-10(14)16-12/h5-6,8H,3-4,7H2,1-2H3,(H2,14,15,16)/b6-5+. The summed E-state index contributed by atoms with van der Waals surface area (Å²) in [5.74, 6) is 0.940. The number of hydrogen-bond acceptors (Lipinski definition) is 5. The Bertz CT molecular complexity index is 443. The molecule has 1 rings (SSSR count). The van der Waals surface area contributed by atoms with Gasteiger partial charge >= 0.3 is 0 Å². The lowest BCUT2D eigenvalue weighted by Crippen LogP contribution is -2.28. The number of carbonyl (C=O) groups excluding carboxylic acids is 1. The Morgan fingerprint density at radius 1 is 1.47 bits per heavy atom. The van der Waals surface area contributed by atoms with Gasteiger partial charge < -0.3 is 10.6 Å². The molecule has 0 radical (unpaired) electrons. The number of likely N-dealkylation sites (N-methyl/N-ethyl adjacent to an activating group) is 1. The number of halogens is 1. The number of amides is 1. The highest BCUT2D eigenvalue weighted by Crippen LogP contribution is 2.17. The van der Waals surface area contributed by atoms with E-state index < -0.39 is 0 Å². The zero-order chi connectivity index (χ0) is 14.3. The van der Waals surface area contributed by atoms with Crippen LogP contribution in [0, 0.1) is 0 Å². The van der Waals surface area contributed by atoms with E-state index in [9.17, 15) is 4.79 Å². The molecule has 0 spiro atoms. The summed E-state index contributed by atoms with van der Waals surface area (Å²) in [4.78, 5) is 21.5. The number of nitrogen functional groups attached to an aromatic ring is 1. The minimum atomic E-state index is 0.0112. The minimum absolute atomic E-state index is 0.0112. The first-order chi connectivity index (χ1) is 9.06. The summed E-state index contributed by atoms with van der Waals surface area (Å²) in [5, 5.41) is 0.822. The highest BCUT2D eigenvalue weighted by atomic mass is 35.5. The molecule has 0 aromatic carbocycles. The SMILES string of the molecule is CCN(CC)C(=O)/C=C/CSc1nc(N)cc(Cl)n1. The first-order valence-corrected chi connectivity index (χ1v) is 7.31. The lowest BCUT2D eigenvalue weighted by atomic mass is 10.4. The van der Waals surface area contributed by atoms with Crippen molar-refractivity contribution in [3.63, 3.8) is 0 Å². The maximum absolute atomic E-state index is 11.7. The number of nitrogens with zero attached hydrogens (tertiary/aromatic N) is 3. The third-order valence-corrected chi connectivity index (χ3v) is 3.33. The molecule has 1 heterocycles. The number of aromatic nitrogens is 2. The molecular weight excluding hydrogens is 284 g/mol. The number of carbonyl (C=O) groups is 1. The van der Waals surface area contributed by atoms with Crippen LogP contribution in [0.5, 0.6) is 0 Å². The fourth-order valence-corrected chi connectivity index (χ4v) is 2.31. The average Bonchev–Trinajstić information content (AvgIpc) is 2.35. The molecule has 0 saturated carbocycles. The van der Waals surface area contributed by atoms with Gasteiger partial charge in [0.15, 0.2) is 5.16 Å². The fourth-order valence-electron chi connectivity index (χ4n) is 1.39. The molecule has 1 amide bonds. The second kappa shape index (κ2) is 8.01. The maximum Gasteiger partial charge on any atom is 0.246 e. The Kier molecular flexibility index (Phi) is 6.66. The molecule has 0 unspecified atom stereocenters. The predicted octanol–water partition coefficient (Wildman–Crippen LogP) is 2.23. The van der Waals surface area contributed by atoms with Gasteiger partial charge in [-0.25, -0.2) is 9.97 Å². The molecule has 19 heavy (non-hydrogen) atoms. The predicted molar refractivity (Wildman–Crippen MR) is 79.2 cm³/mol. The van der Waals surface area contributed by atoms with Crippen molar-refractivity contribution in [2.24, 2.45) is 0 Å². The van der Waals surface area contributed by atoms with Gasteiger partial charge in [0.25, 0.3) is 0 Å². The zero-order valence-electron chi connectivity index (χ0n) is 11.0. The van der Waals surface area contributed by atoms with Gasteiger partial charge in [-0.05, 0) is 19.9 Å². The van der Waals surface area contributed by atoms with E-state index in [-0.39, 0.29) is 5.91 Å². The molecule has 0 aliphatic rings. The van der Waals surface area contributed by atoms with Crippen LogP contribution in [0.1, 0.15) is 13.8 Å². The molecule has 1 aromatic rings. The summed E-state index contributed by atoms with van der Waals surface area (Å²) in [6, 6.07) is 1.49. The van der Waals surface area contributed by atoms with E-state index >= 15 is 0 Å². The van der Waals surface area contributed by atoms with Crippen LogP contribution in [0.15, 0.2) is 23.4 Å². The molecule has 0 aliphatic heterocycles. The molecule has 0 bridgehead atoms. The van der Waals surface area contributed by atoms with Gasteiger partial charge in [-0.2, -0.15) is 0 Å². The normalized spacial score (nSPS) is 10.9. The second-order valence-corrected chi connectivity index (χ2v) is 5.00. The van der Waals surface area contributed by atoms with Gasteiger partial charge in [0.05, 0.1) is 0 Å². The van der Waals surface area contributed by atoms with E-state index in [1.807, 2.05) is 13.8 Å². The first-order valence-electron chi connectivity index (χ1n) is 5.95. The Morgan fingerprint density at radius 2 is 2.16 bits per heavy atom. The van der Waals surface area contributed by atoms with Crippen molar-refractivity contribution in [2.45, 2.75) is 19.0 Å². The van der Waals surface area contributed by atoms with Crippen LogP contribution in [0.25, 0.3) is 0 Å². The van der Waals surface area contributed by atoms with Crippen LogP contribution in [0.3, 0.4) is 0 Å². The molecule has 0 aliphatic carbocycles. The molecule has 0 saturated heterocycles. The van der Waals surface area contributed by atoms with Gasteiger partial charge in [-0.3, -0.25) is 4.79 Å². The van der Waals surface area contributed by atoms with Crippen molar-refractivity contribution in [1.82, 2.24) is 14.9 Å². The van der Waals surface area contributed by atoms with Gasteiger partial charge in [0.2, 0.25) is 5.91 Å². The Balaban J connectivity index is 2.47. The molecule has 5 nitrogen and oxygen atoms in total. The largest absolute Gasteiger partial charge is 0.384 e. The van der Waals surface area contributed by atoms with Crippen molar-refractivity contribution in [2.75, 3.05) is 24.6 Å². The summed E-state index contributed by atoms with van der Waals surface area (Å²) < 4.78 is 0. The van der Waals surface area contributed by atoms with Gasteiger partial charge in [-0.15, -0.1) is 0 Å². The third kappa shape index (κ3) is 5.48. The molecule has 104 valence electrons. The molecule has 1 aromatic heterocycles. The lowest BCUT2D eigenvalue weighted by molar-refractivity contribution is -0.125. The molecule has 0 atom stereocenters. The number of thioether (sulfide) groups is 1. The van der Waals surface area contributed by atoms with Crippen molar-refractivity contribution >= 4 is 35.1 Å². The number of hydrogen-bond donors (Lipinski definition) is 1. The van der Waals surface area contributed by atoms with Crippen molar-refractivity contribution < 1.29 is 4.79 Å². The van der Waals surface area contributed by atoms with Crippen molar-refractivity contribution in [3.8, 4) is 0 Å². The maximum atomic E-state index is 11.7. The number of anilines is 1. The minimum Gasteiger partial charge on any atom is -0.384 e. The second-order valence-electron chi connectivity index (χ2n) is 3.62. The van der Waals surface area contributed by atoms with Crippen molar-refractivity contribution in [3.05, 3.63) is 23.4 Å². The van der Waals surface area contributed by atoms with E-state index in [1.165, 1.54) is 17.8 Å². The Hall–Kier alpha value is -1.27. The number of nitrogens with two attached hydrogens (primary N) is 1. The molecule has 2 N–H and O–H groups in total. The Labute approximate surface area is 122 Å². The lowest BCUT2D eigenvalue weighted by Gasteiger charge is -2.15. The molecule has 7 heteroatoms.